The van der Waals surface area contributed by atoms with Crippen LogP contribution in [0, 0.1) is 0 Å². The van der Waals surface area contributed by atoms with E-state index in [-0.39, 0.29) is 4.90 Å². The fraction of sp³-hybridized carbons (Fsp3) is 0.750. The predicted molar refractivity (Wildman–Crippen MR) is 91.0 cm³/mol. The maximum atomic E-state index is 12.9. The third-order valence-electron chi connectivity index (χ3n) is 4.21. The lowest BCUT2D eigenvalue weighted by atomic mass is 10.1. The number of hydrogen-bond donors (Lipinski definition) is 0. The number of amides is 3. The lowest BCUT2D eigenvalue weighted by molar-refractivity contribution is -0.188. The Morgan fingerprint density at radius 3 is 1.82 bits per heavy atom. The van der Waals surface area contributed by atoms with E-state index in [2.05, 4.69) is 4.74 Å². The monoisotopic (exact) mass is 413 g/mol. The smallest absolute Gasteiger partial charge is 0.467 e. The van der Waals surface area contributed by atoms with E-state index in [9.17, 15) is 32.3 Å². The molecule has 0 aromatic carbocycles. The molecule has 0 N–H and O–H groups in total. The van der Waals surface area contributed by atoms with Crippen LogP contribution in [0.3, 0.4) is 0 Å². The summed E-state index contributed by atoms with van der Waals surface area (Å²) in [5.41, 5.74) is 0. The average molecular weight is 413 g/mol. The second-order valence-corrected chi connectivity index (χ2v) is 6.28. The maximum absolute atomic E-state index is 12.9. The summed E-state index contributed by atoms with van der Waals surface area (Å²) < 4.78 is 48.2. The van der Waals surface area contributed by atoms with Gasteiger partial charge >= 0.3 is 18.1 Å². The van der Waals surface area contributed by atoms with E-state index >= 15 is 0 Å². The van der Waals surface area contributed by atoms with Gasteiger partial charge in [-0.15, -0.1) is 0 Å². The van der Waals surface area contributed by atoms with Crippen LogP contribution in [0.5, 0.6) is 0 Å². The van der Waals surface area contributed by atoms with Crippen molar-refractivity contribution in [3.05, 3.63) is 0 Å². The molecule has 162 valence electrons. The van der Waals surface area contributed by atoms with Crippen molar-refractivity contribution in [2.45, 2.75) is 37.7 Å². The van der Waals surface area contributed by atoms with Crippen LogP contribution in [0.1, 0.15) is 13.3 Å². The van der Waals surface area contributed by atoms with Gasteiger partial charge in [0.15, 0.2) is 6.04 Å². The fourth-order valence-electron chi connectivity index (χ4n) is 2.37. The van der Waals surface area contributed by atoms with Crippen LogP contribution in [0.4, 0.5) is 13.2 Å². The number of rotatable bonds is 8. The standard InChI is InChI=1S/C16H26F3N3O6/c1-9(27-6)12(14(25)28-7)22(5)13(24)10(8-11(23)20(2)3)21(4)15(26)16(17,18)19/h9-10,12H,8H2,1-7H3. The number of alkyl halides is 3. The summed E-state index contributed by atoms with van der Waals surface area (Å²) in [5.74, 6) is -4.88. The molecular formula is C16H26F3N3O6. The summed E-state index contributed by atoms with van der Waals surface area (Å²) in [5, 5.41) is 0. The Kier molecular flexibility index (Phi) is 9.38. The molecule has 0 aromatic heterocycles. The Labute approximate surface area is 161 Å². The fourth-order valence-corrected chi connectivity index (χ4v) is 2.37. The molecule has 0 aliphatic heterocycles. The van der Waals surface area contributed by atoms with E-state index in [0.717, 1.165) is 31.0 Å². The van der Waals surface area contributed by atoms with Gasteiger partial charge in [-0.25, -0.2) is 4.79 Å². The van der Waals surface area contributed by atoms with Gasteiger partial charge in [0.05, 0.1) is 19.6 Å². The Balaban J connectivity index is 5.97. The van der Waals surface area contributed by atoms with Gasteiger partial charge in [-0.05, 0) is 6.92 Å². The molecule has 3 amide bonds. The van der Waals surface area contributed by atoms with E-state index < -0.39 is 54.5 Å². The van der Waals surface area contributed by atoms with Gasteiger partial charge in [0.25, 0.3) is 0 Å². The van der Waals surface area contributed by atoms with Crippen LogP contribution < -0.4 is 0 Å². The second kappa shape index (κ2) is 10.2. The Bertz CT molecular complexity index is 597. The SMILES string of the molecule is COC(=O)C(C(C)OC)N(C)C(=O)C(CC(=O)N(C)C)N(C)C(=O)C(F)(F)F. The number of methoxy groups -OCH3 is 2. The quantitative estimate of drug-likeness (QED) is 0.515. The molecule has 28 heavy (non-hydrogen) atoms. The number of hydrogen-bond acceptors (Lipinski definition) is 6. The molecule has 0 bridgehead atoms. The highest BCUT2D eigenvalue weighted by atomic mass is 19.4. The van der Waals surface area contributed by atoms with Gasteiger partial charge in [0.1, 0.15) is 6.04 Å². The number of carbonyl (C=O) groups excluding carboxylic acids is 4. The molecule has 0 fully saturated rings. The first kappa shape index (κ1) is 25.6. The van der Waals surface area contributed by atoms with Gasteiger partial charge in [0.2, 0.25) is 11.8 Å². The van der Waals surface area contributed by atoms with E-state index in [4.69, 9.17) is 4.74 Å². The molecule has 0 aliphatic rings. The highest BCUT2D eigenvalue weighted by Gasteiger charge is 2.46. The van der Waals surface area contributed by atoms with Gasteiger partial charge in [-0.2, -0.15) is 13.2 Å². The number of likely N-dealkylation sites (N-methyl/N-ethyl adjacent to an activating group) is 2. The number of esters is 1. The van der Waals surface area contributed by atoms with Gasteiger partial charge in [0, 0.05) is 35.3 Å². The second-order valence-electron chi connectivity index (χ2n) is 6.28. The topological polar surface area (TPSA) is 96.5 Å². The molecule has 3 unspecified atom stereocenters. The van der Waals surface area contributed by atoms with Gasteiger partial charge in [-0.1, -0.05) is 0 Å². The molecule has 0 spiro atoms. The highest BCUT2D eigenvalue weighted by Crippen LogP contribution is 2.22. The van der Waals surface area contributed by atoms with Crippen LogP contribution in [-0.2, 0) is 28.7 Å². The molecule has 0 saturated carbocycles. The zero-order valence-corrected chi connectivity index (χ0v) is 16.9. The van der Waals surface area contributed by atoms with Crippen molar-refractivity contribution in [3.8, 4) is 0 Å². The third kappa shape index (κ3) is 6.36. The van der Waals surface area contributed by atoms with Crippen molar-refractivity contribution in [1.82, 2.24) is 14.7 Å². The van der Waals surface area contributed by atoms with E-state index in [0.29, 0.717) is 0 Å². The summed E-state index contributed by atoms with van der Waals surface area (Å²) in [6, 6.07) is -3.08. The van der Waals surface area contributed by atoms with Crippen molar-refractivity contribution >= 4 is 23.7 Å². The minimum absolute atomic E-state index is 0.145. The molecule has 0 radical (unpaired) electrons. The molecular weight excluding hydrogens is 387 g/mol. The minimum Gasteiger partial charge on any atom is -0.467 e. The van der Waals surface area contributed by atoms with Crippen LogP contribution in [0.25, 0.3) is 0 Å². The maximum Gasteiger partial charge on any atom is 0.471 e. The van der Waals surface area contributed by atoms with E-state index in [1.165, 1.54) is 28.1 Å². The zero-order chi connectivity index (χ0) is 22.4. The Morgan fingerprint density at radius 1 is 0.964 bits per heavy atom. The lowest BCUT2D eigenvalue weighted by Gasteiger charge is -2.35. The largest absolute Gasteiger partial charge is 0.471 e. The average Bonchev–Trinajstić information content (AvgIpc) is 2.62. The number of nitrogens with zero attached hydrogens (tertiary/aromatic N) is 3. The predicted octanol–water partition coefficient (Wildman–Crippen LogP) is -0.111. The summed E-state index contributed by atoms with van der Waals surface area (Å²) >= 11 is 0. The molecule has 0 aromatic rings. The molecule has 0 rings (SSSR count). The normalized spacial score (nSPS) is 14.5. The molecule has 0 aliphatic carbocycles. The molecule has 12 heteroatoms. The molecule has 0 saturated heterocycles. The summed E-state index contributed by atoms with van der Waals surface area (Å²) in [6.07, 6.45) is -6.81. The van der Waals surface area contributed by atoms with Crippen LogP contribution >= 0.6 is 0 Å². The van der Waals surface area contributed by atoms with Crippen LogP contribution in [0.15, 0.2) is 0 Å². The first-order valence-corrected chi connectivity index (χ1v) is 8.12. The highest BCUT2D eigenvalue weighted by molar-refractivity contribution is 5.95. The summed E-state index contributed by atoms with van der Waals surface area (Å²) in [7, 11) is 6.96. The van der Waals surface area contributed by atoms with Gasteiger partial charge in [-0.3, -0.25) is 14.4 Å². The lowest BCUT2D eigenvalue weighted by Crippen LogP contribution is -2.58. The van der Waals surface area contributed by atoms with Crippen LogP contribution in [0.2, 0.25) is 0 Å². The van der Waals surface area contributed by atoms with E-state index in [1.54, 1.807) is 0 Å². The van der Waals surface area contributed by atoms with Crippen LogP contribution in [-0.4, -0.2) is 105 Å². The Morgan fingerprint density at radius 2 is 1.46 bits per heavy atom. The first-order chi connectivity index (χ1) is 12.7. The molecule has 0 heterocycles. The molecule has 9 nitrogen and oxygen atoms in total. The van der Waals surface area contributed by atoms with Crippen molar-refractivity contribution in [1.29, 1.82) is 0 Å². The number of carbonyl (C=O) groups is 4. The summed E-state index contributed by atoms with van der Waals surface area (Å²) in [4.78, 5) is 50.6. The number of halogens is 3. The van der Waals surface area contributed by atoms with E-state index in [1.807, 2.05) is 0 Å². The van der Waals surface area contributed by atoms with Crippen molar-refractivity contribution in [3.63, 3.8) is 0 Å². The Hall–Kier alpha value is -2.37. The first-order valence-electron chi connectivity index (χ1n) is 8.12. The summed E-state index contributed by atoms with van der Waals surface area (Å²) in [6.45, 7) is 1.45. The molecule has 3 atom stereocenters. The van der Waals surface area contributed by atoms with Crippen molar-refractivity contribution in [2.24, 2.45) is 0 Å². The minimum atomic E-state index is -5.24. The third-order valence-corrected chi connectivity index (χ3v) is 4.21. The zero-order valence-electron chi connectivity index (χ0n) is 16.9. The number of ether oxygens (including phenoxy) is 2. The van der Waals surface area contributed by atoms with Gasteiger partial charge < -0.3 is 24.2 Å². The van der Waals surface area contributed by atoms with Crippen molar-refractivity contribution < 1.29 is 41.8 Å². The van der Waals surface area contributed by atoms with Crippen molar-refractivity contribution in [2.75, 3.05) is 42.4 Å².